The number of esters is 1. The Bertz CT molecular complexity index is 661. The van der Waals surface area contributed by atoms with Crippen molar-refractivity contribution in [3.63, 3.8) is 0 Å². The van der Waals surface area contributed by atoms with E-state index in [1.54, 1.807) is 0 Å². The van der Waals surface area contributed by atoms with Gasteiger partial charge in [0.05, 0.1) is 38.2 Å². The van der Waals surface area contributed by atoms with E-state index in [9.17, 15) is 9.59 Å². The zero-order chi connectivity index (χ0) is 16.7. The third-order valence-corrected chi connectivity index (χ3v) is 5.37. The smallest absolute Gasteiger partial charge is 0.309 e. The molecule has 6 heteroatoms. The Kier molecular flexibility index (Phi) is 3.92. The van der Waals surface area contributed by atoms with E-state index < -0.39 is 0 Å². The molecule has 0 spiro atoms. The van der Waals surface area contributed by atoms with E-state index in [-0.39, 0.29) is 35.7 Å². The molecule has 1 aromatic carbocycles. The van der Waals surface area contributed by atoms with Crippen LogP contribution in [-0.4, -0.2) is 37.3 Å². The number of hydrogen-bond acceptors (Lipinski definition) is 5. The molecule has 4 rings (SSSR count). The van der Waals surface area contributed by atoms with Crippen LogP contribution in [0.15, 0.2) is 24.3 Å². The van der Waals surface area contributed by atoms with Crippen molar-refractivity contribution in [2.45, 2.75) is 25.3 Å². The number of methoxy groups -OCH3 is 1. The summed E-state index contributed by atoms with van der Waals surface area (Å²) in [6.07, 6.45) is 2.26. The maximum absolute atomic E-state index is 13.1. The van der Waals surface area contributed by atoms with Gasteiger partial charge < -0.3 is 9.47 Å². The fourth-order valence-electron chi connectivity index (χ4n) is 4.16. The van der Waals surface area contributed by atoms with Crippen LogP contribution in [0.1, 0.15) is 30.9 Å². The Balaban J connectivity index is 1.61. The maximum Gasteiger partial charge on any atom is 0.309 e. The van der Waals surface area contributed by atoms with E-state index in [0.717, 1.165) is 17.7 Å². The van der Waals surface area contributed by atoms with Crippen LogP contribution in [0.4, 0.5) is 0 Å². The lowest BCUT2D eigenvalue weighted by Crippen LogP contribution is -2.40. The number of hydroxylamine groups is 2. The van der Waals surface area contributed by atoms with Gasteiger partial charge in [-0.25, -0.2) is 5.06 Å². The first-order valence-electron chi connectivity index (χ1n) is 8.46. The van der Waals surface area contributed by atoms with Crippen LogP contribution >= 0.6 is 0 Å². The van der Waals surface area contributed by atoms with Crippen LogP contribution in [0.5, 0.6) is 5.75 Å². The molecule has 0 radical (unpaired) electrons. The number of rotatable bonds is 2. The van der Waals surface area contributed by atoms with Crippen LogP contribution in [-0.2, 0) is 19.2 Å². The molecule has 2 heterocycles. The largest absolute Gasteiger partial charge is 0.493 e. The van der Waals surface area contributed by atoms with E-state index in [0.29, 0.717) is 26.1 Å². The van der Waals surface area contributed by atoms with E-state index in [1.165, 1.54) is 12.2 Å². The van der Waals surface area contributed by atoms with Crippen molar-refractivity contribution in [3.05, 3.63) is 29.8 Å². The average Bonchev–Trinajstić information content (AvgIpc) is 3.27. The van der Waals surface area contributed by atoms with Crippen molar-refractivity contribution in [2.24, 2.45) is 17.8 Å². The number of hydrogen-bond donors (Lipinski definition) is 0. The SMILES string of the molecule is COC(=O)[C@H]1CCC[C@H]1C(=O)N1OC[C@H]2COc3ccccc3[C@H]21. The second-order valence-corrected chi connectivity index (χ2v) is 6.68. The van der Waals surface area contributed by atoms with E-state index >= 15 is 0 Å². The molecule has 1 saturated heterocycles. The van der Waals surface area contributed by atoms with Crippen LogP contribution in [0.2, 0.25) is 0 Å². The molecule has 0 N–H and O–H groups in total. The van der Waals surface area contributed by atoms with Gasteiger partial charge in [0.15, 0.2) is 0 Å². The predicted octanol–water partition coefficient (Wildman–Crippen LogP) is 2.10. The molecule has 1 saturated carbocycles. The van der Waals surface area contributed by atoms with Crippen molar-refractivity contribution in [2.75, 3.05) is 20.3 Å². The minimum absolute atomic E-state index is 0.105. The van der Waals surface area contributed by atoms with E-state index in [2.05, 4.69) is 0 Å². The molecule has 4 atom stereocenters. The van der Waals surface area contributed by atoms with Gasteiger partial charge in [0.2, 0.25) is 0 Å². The summed E-state index contributed by atoms with van der Waals surface area (Å²) < 4.78 is 10.6. The maximum atomic E-state index is 13.1. The summed E-state index contributed by atoms with van der Waals surface area (Å²) >= 11 is 0. The molecule has 128 valence electrons. The lowest BCUT2D eigenvalue weighted by Gasteiger charge is -2.33. The summed E-state index contributed by atoms with van der Waals surface area (Å²) in [4.78, 5) is 30.8. The van der Waals surface area contributed by atoms with Crippen molar-refractivity contribution in [1.29, 1.82) is 0 Å². The number of carbonyl (C=O) groups excluding carboxylic acids is 2. The van der Waals surface area contributed by atoms with Crippen LogP contribution in [0.3, 0.4) is 0 Å². The topological polar surface area (TPSA) is 65.1 Å². The van der Waals surface area contributed by atoms with Gasteiger partial charge in [-0.1, -0.05) is 24.6 Å². The molecular weight excluding hydrogens is 310 g/mol. The monoisotopic (exact) mass is 331 g/mol. The minimum atomic E-state index is -0.361. The van der Waals surface area contributed by atoms with Gasteiger partial charge in [-0.15, -0.1) is 0 Å². The van der Waals surface area contributed by atoms with Gasteiger partial charge in [-0.2, -0.15) is 0 Å². The van der Waals surface area contributed by atoms with Gasteiger partial charge in [-0.3, -0.25) is 14.4 Å². The van der Waals surface area contributed by atoms with Crippen molar-refractivity contribution >= 4 is 11.9 Å². The number of fused-ring (bicyclic) bond motifs is 3. The summed E-state index contributed by atoms with van der Waals surface area (Å²) in [6, 6.07) is 7.62. The lowest BCUT2D eigenvalue weighted by molar-refractivity contribution is -0.185. The number of para-hydroxylation sites is 1. The first kappa shape index (κ1) is 15.4. The first-order valence-corrected chi connectivity index (χ1v) is 8.46. The van der Waals surface area contributed by atoms with Gasteiger partial charge in [-0.05, 0) is 18.9 Å². The number of carbonyl (C=O) groups is 2. The molecular formula is C18H21NO5. The Labute approximate surface area is 140 Å². The predicted molar refractivity (Wildman–Crippen MR) is 83.8 cm³/mol. The molecule has 3 aliphatic rings. The standard InChI is InChI=1S/C18H21NO5/c1-22-18(21)13-7-4-6-12(13)17(20)19-16-11(10-24-19)9-23-15-8-3-2-5-14(15)16/h2-3,5,8,11-13,16H,4,6-7,9-10H2,1H3/t11-,12-,13+,16+/m1/s1. The molecule has 2 aliphatic heterocycles. The van der Waals surface area contributed by atoms with Gasteiger partial charge in [0.1, 0.15) is 5.75 Å². The summed E-state index contributed by atoms with van der Waals surface area (Å²) in [7, 11) is 1.37. The van der Waals surface area contributed by atoms with Crippen LogP contribution < -0.4 is 4.74 Å². The molecule has 0 unspecified atom stereocenters. The number of ether oxygens (including phenoxy) is 2. The van der Waals surface area contributed by atoms with E-state index in [4.69, 9.17) is 14.3 Å². The molecule has 1 aromatic rings. The van der Waals surface area contributed by atoms with Crippen molar-refractivity contribution in [3.8, 4) is 5.75 Å². The van der Waals surface area contributed by atoms with Crippen LogP contribution in [0, 0.1) is 17.8 Å². The van der Waals surface area contributed by atoms with Gasteiger partial charge >= 0.3 is 5.97 Å². The fraction of sp³-hybridized carbons (Fsp3) is 0.556. The van der Waals surface area contributed by atoms with Crippen molar-refractivity contribution in [1.82, 2.24) is 5.06 Å². The minimum Gasteiger partial charge on any atom is -0.493 e. The third kappa shape index (κ3) is 2.36. The van der Waals surface area contributed by atoms with Crippen LogP contribution in [0.25, 0.3) is 0 Å². The average molecular weight is 331 g/mol. The molecule has 24 heavy (non-hydrogen) atoms. The van der Waals surface area contributed by atoms with E-state index in [1.807, 2.05) is 24.3 Å². The summed E-state index contributed by atoms with van der Waals surface area (Å²) in [6.45, 7) is 0.997. The van der Waals surface area contributed by atoms with Gasteiger partial charge in [0, 0.05) is 11.5 Å². The Morgan fingerprint density at radius 2 is 1.96 bits per heavy atom. The van der Waals surface area contributed by atoms with Crippen molar-refractivity contribution < 1.29 is 23.9 Å². The molecule has 0 bridgehead atoms. The molecule has 1 amide bonds. The number of benzene rings is 1. The second kappa shape index (κ2) is 6.09. The zero-order valence-electron chi connectivity index (χ0n) is 13.6. The highest BCUT2D eigenvalue weighted by Crippen LogP contribution is 2.45. The second-order valence-electron chi connectivity index (χ2n) is 6.68. The third-order valence-electron chi connectivity index (χ3n) is 5.37. The Hall–Kier alpha value is -2.08. The Morgan fingerprint density at radius 1 is 1.17 bits per heavy atom. The quantitative estimate of drug-likeness (QED) is 0.777. The molecule has 2 fully saturated rings. The summed E-state index contributed by atoms with van der Waals surface area (Å²) in [5.41, 5.74) is 0.979. The molecule has 6 nitrogen and oxygen atoms in total. The lowest BCUT2D eigenvalue weighted by atomic mass is 9.90. The highest BCUT2D eigenvalue weighted by molar-refractivity contribution is 5.86. The zero-order valence-corrected chi connectivity index (χ0v) is 13.6. The molecule has 1 aliphatic carbocycles. The highest BCUT2D eigenvalue weighted by Gasteiger charge is 2.48. The summed E-state index contributed by atoms with van der Waals surface area (Å²) in [5, 5.41) is 1.50. The summed E-state index contributed by atoms with van der Waals surface area (Å²) in [5.74, 6) is -0.188. The number of amides is 1. The first-order chi connectivity index (χ1) is 11.7. The number of nitrogens with zero attached hydrogens (tertiary/aromatic N) is 1. The normalized spacial score (nSPS) is 31.1. The molecule has 0 aromatic heterocycles. The highest BCUT2D eigenvalue weighted by atomic mass is 16.7. The van der Waals surface area contributed by atoms with Gasteiger partial charge in [0.25, 0.3) is 5.91 Å². The fourth-order valence-corrected chi connectivity index (χ4v) is 4.16. The Morgan fingerprint density at radius 3 is 2.79 bits per heavy atom.